The molecule has 3 fully saturated rings. The van der Waals surface area contributed by atoms with E-state index < -0.39 is 0 Å². The normalized spacial score (nSPS) is 33.5. The first-order valence-electron chi connectivity index (χ1n) is 8.26. The van der Waals surface area contributed by atoms with Gasteiger partial charge in [0.05, 0.1) is 19.8 Å². The van der Waals surface area contributed by atoms with Gasteiger partial charge in [0, 0.05) is 56.6 Å². The van der Waals surface area contributed by atoms with E-state index in [0.29, 0.717) is 6.04 Å². The van der Waals surface area contributed by atoms with Gasteiger partial charge < -0.3 is 14.4 Å². The first-order valence-corrected chi connectivity index (χ1v) is 8.26. The van der Waals surface area contributed by atoms with Gasteiger partial charge in [-0.1, -0.05) is 0 Å². The summed E-state index contributed by atoms with van der Waals surface area (Å²) in [7, 11) is 0. The van der Waals surface area contributed by atoms with Gasteiger partial charge >= 0.3 is 0 Å². The van der Waals surface area contributed by atoms with Crippen molar-refractivity contribution in [2.24, 2.45) is 5.41 Å². The van der Waals surface area contributed by atoms with E-state index in [-0.39, 0.29) is 5.41 Å². The molecule has 3 aliphatic heterocycles. The van der Waals surface area contributed by atoms with E-state index in [2.05, 4.69) is 19.8 Å². The molecule has 1 aromatic rings. The average molecular weight is 304 g/mol. The van der Waals surface area contributed by atoms with Crippen molar-refractivity contribution in [2.75, 3.05) is 57.5 Å². The van der Waals surface area contributed by atoms with Gasteiger partial charge in [0.15, 0.2) is 0 Å². The molecule has 2 atom stereocenters. The zero-order chi connectivity index (χ0) is 14.8. The maximum absolute atomic E-state index is 5.96. The summed E-state index contributed by atoms with van der Waals surface area (Å²) in [4.78, 5) is 13.7. The Morgan fingerprint density at radius 3 is 2.82 bits per heavy atom. The quantitative estimate of drug-likeness (QED) is 0.805. The Labute approximate surface area is 131 Å². The molecule has 3 saturated heterocycles. The lowest BCUT2D eigenvalue weighted by Gasteiger charge is -2.34. The molecule has 0 unspecified atom stereocenters. The van der Waals surface area contributed by atoms with E-state index in [1.165, 1.54) is 0 Å². The molecule has 1 aromatic heterocycles. The minimum absolute atomic E-state index is 0.207. The maximum atomic E-state index is 5.96. The maximum Gasteiger partial charge on any atom is 0.225 e. The van der Waals surface area contributed by atoms with Crippen LogP contribution in [0.5, 0.6) is 0 Å². The summed E-state index contributed by atoms with van der Waals surface area (Å²) in [6.07, 6.45) is 5.94. The Kier molecular flexibility index (Phi) is 3.98. The standard InChI is InChI=1S/C16H24N4O2/c1-4-17-15(18-5-1)20-6-3-16(12-20)11-19(7-9-22-13-16)14-2-8-21-10-14/h1,4-5,14H,2-3,6-13H2/t14-,16+/m1/s1. The highest BCUT2D eigenvalue weighted by atomic mass is 16.5. The molecular formula is C16H24N4O2. The summed E-state index contributed by atoms with van der Waals surface area (Å²) in [6.45, 7) is 7.59. The Hall–Kier alpha value is -1.24. The number of rotatable bonds is 2. The van der Waals surface area contributed by atoms with Gasteiger partial charge in [-0.2, -0.15) is 0 Å². The van der Waals surface area contributed by atoms with Crippen molar-refractivity contribution in [3.63, 3.8) is 0 Å². The predicted octanol–water partition coefficient (Wildman–Crippen LogP) is 0.794. The second-order valence-corrected chi connectivity index (χ2v) is 6.76. The van der Waals surface area contributed by atoms with E-state index >= 15 is 0 Å². The first-order chi connectivity index (χ1) is 10.8. The number of ether oxygens (including phenoxy) is 2. The van der Waals surface area contributed by atoms with Gasteiger partial charge in [0.25, 0.3) is 0 Å². The number of hydrogen-bond donors (Lipinski definition) is 0. The Bertz CT molecular complexity index is 494. The Morgan fingerprint density at radius 1 is 1.09 bits per heavy atom. The molecule has 4 heterocycles. The van der Waals surface area contributed by atoms with Crippen molar-refractivity contribution in [1.82, 2.24) is 14.9 Å². The van der Waals surface area contributed by atoms with Crippen molar-refractivity contribution in [1.29, 1.82) is 0 Å². The molecule has 6 heteroatoms. The van der Waals surface area contributed by atoms with E-state index in [0.717, 1.165) is 71.4 Å². The minimum Gasteiger partial charge on any atom is -0.380 e. The summed E-state index contributed by atoms with van der Waals surface area (Å²) in [6, 6.07) is 2.44. The number of hydrogen-bond acceptors (Lipinski definition) is 6. The third-order valence-corrected chi connectivity index (χ3v) is 5.16. The smallest absolute Gasteiger partial charge is 0.225 e. The minimum atomic E-state index is 0.207. The highest BCUT2D eigenvalue weighted by Gasteiger charge is 2.43. The van der Waals surface area contributed by atoms with Crippen LogP contribution in [0, 0.1) is 5.41 Å². The van der Waals surface area contributed by atoms with Crippen LogP contribution in [0.15, 0.2) is 18.5 Å². The lowest BCUT2D eigenvalue weighted by molar-refractivity contribution is 0.0781. The molecule has 120 valence electrons. The fraction of sp³-hybridized carbons (Fsp3) is 0.750. The van der Waals surface area contributed by atoms with Gasteiger partial charge in [-0.3, -0.25) is 4.90 Å². The predicted molar refractivity (Wildman–Crippen MR) is 82.9 cm³/mol. The zero-order valence-corrected chi connectivity index (χ0v) is 13.0. The summed E-state index contributed by atoms with van der Waals surface area (Å²) in [5.74, 6) is 0.847. The van der Waals surface area contributed by atoms with E-state index in [1.54, 1.807) is 0 Å². The third-order valence-electron chi connectivity index (χ3n) is 5.16. The van der Waals surface area contributed by atoms with Crippen molar-refractivity contribution >= 4 is 5.95 Å². The molecular weight excluding hydrogens is 280 g/mol. The van der Waals surface area contributed by atoms with Crippen LogP contribution in [0.3, 0.4) is 0 Å². The second-order valence-electron chi connectivity index (χ2n) is 6.76. The molecule has 0 saturated carbocycles. The van der Waals surface area contributed by atoms with E-state index in [9.17, 15) is 0 Å². The third kappa shape index (κ3) is 2.83. The van der Waals surface area contributed by atoms with Crippen LogP contribution >= 0.6 is 0 Å². The molecule has 0 N–H and O–H groups in total. The lowest BCUT2D eigenvalue weighted by Crippen LogP contribution is -2.45. The van der Waals surface area contributed by atoms with Crippen LogP contribution in [-0.4, -0.2) is 73.5 Å². The molecule has 22 heavy (non-hydrogen) atoms. The SMILES string of the molecule is c1cnc(N2CC[C@@]3(COCCN([C@@H]4CCOC4)C3)C2)nc1. The Balaban J connectivity index is 1.48. The highest BCUT2D eigenvalue weighted by molar-refractivity contribution is 5.32. The van der Waals surface area contributed by atoms with Crippen LogP contribution in [0.4, 0.5) is 5.95 Å². The molecule has 0 amide bonds. The Morgan fingerprint density at radius 2 is 2.00 bits per heavy atom. The van der Waals surface area contributed by atoms with Gasteiger partial charge in [-0.25, -0.2) is 9.97 Å². The van der Waals surface area contributed by atoms with Crippen LogP contribution in [0.25, 0.3) is 0 Å². The van der Waals surface area contributed by atoms with E-state index in [4.69, 9.17) is 9.47 Å². The zero-order valence-electron chi connectivity index (χ0n) is 13.0. The summed E-state index contributed by atoms with van der Waals surface area (Å²) in [5, 5.41) is 0. The molecule has 0 bridgehead atoms. The largest absolute Gasteiger partial charge is 0.380 e. The monoisotopic (exact) mass is 304 g/mol. The molecule has 4 rings (SSSR count). The topological polar surface area (TPSA) is 50.7 Å². The van der Waals surface area contributed by atoms with E-state index in [1.807, 2.05) is 18.5 Å². The molecule has 3 aliphatic rings. The number of nitrogens with zero attached hydrogens (tertiary/aromatic N) is 4. The summed E-state index contributed by atoms with van der Waals surface area (Å²) >= 11 is 0. The van der Waals surface area contributed by atoms with Crippen LogP contribution < -0.4 is 4.90 Å². The number of anilines is 1. The van der Waals surface area contributed by atoms with Crippen LogP contribution in [0.1, 0.15) is 12.8 Å². The fourth-order valence-corrected chi connectivity index (χ4v) is 3.95. The van der Waals surface area contributed by atoms with Crippen molar-refractivity contribution in [3.05, 3.63) is 18.5 Å². The molecule has 0 radical (unpaired) electrons. The van der Waals surface area contributed by atoms with Gasteiger partial charge in [-0.15, -0.1) is 0 Å². The molecule has 0 aromatic carbocycles. The van der Waals surface area contributed by atoms with Crippen LogP contribution in [-0.2, 0) is 9.47 Å². The first kappa shape index (κ1) is 14.4. The van der Waals surface area contributed by atoms with Crippen molar-refractivity contribution in [3.8, 4) is 0 Å². The molecule has 0 aliphatic carbocycles. The fourth-order valence-electron chi connectivity index (χ4n) is 3.95. The second kappa shape index (κ2) is 6.10. The lowest BCUT2D eigenvalue weighted by atomic mass is 9.87. The average Bonchev–Trinajstić information content (AvgIpc) is 3.17. The van der Waals surface area contributed by atoms with Gasteiger partial charge in [0.1, 0.15) is 0 Å². The summed E-state index contributed by atoms with van der Waals surface area (Å²) in [5.41, 5.74) is 0.207. The number of aromatic nitrogens is 2. The van der Waals surface area contributed by atoms with Gasteiger partial charge in [0.2, 0.25) is 5.95 Å². The molecule has 1 spiro atoms. The summed E-state index contributed by atoms with van der Waals surface area (Å²) < 4.78 is 11.5. The van der Waals surface area contributed by atoms with Gasteiger partial charge in [-0.05, 0) is 18.9 Å². The van der Waals surface area contributed by atoms with Crippen molar-refractivity contribution in [2.45, 2.75) is 18.9 Å². The van der Waals surface area contributed by atoms with Crippen molar-refractivity contribution < 1.29 is 9.47 Å². The highest BCUT2D eigenvalue weighted by Crippen LogP contribution is 2.35. The molecule has 6 nitrogen and oxygen atoms in total. The van der Waals surface area contributed by atoms with Crippen LogP contribution in [0.2, 0.25) is 0 Å².